The molecule has 4 aliphatic carbocycles. The van der Waals surface area contributed by atoms with Crippen LogP contribution < -0.4 is 0 Å². The van der Waals surface area contributed by atoms with Crippen LogP contribution in [-0.4, -0.2) is 20.9 Å². The Bertz CT molecular complexity index is 613. The Kier molecular flexibility index (Phi) is 3.05. The molecule has 21 heavy (non-hydrogen) atoms. The summed E-state index contributed by atoms with van der Waals surface area (Å²) >= 11 is 6.93. The maximum atomic E-state index is 11.2. The Labute approximate surface area is 133 Å². The molecule has 114 valence electrons. The molecule has 4 fully saturated rings. The number of carbonyl (C=O) groups is 1. The quantitative estimate of drug-likeness (QED) is 0.860. The first-order chi connectivity index (χ1) is 9.97. The lowest BCUT2D eigenvalue weighted by atomic mass is 9.50. The van der Waals surface area contributed by atoms with Crippen molar-refractivity contribution in [2.24, 2.45) is 17.8 Å². The van der Waals surface area contributed by atoms with Crippen molar-refractivity contribution in [2.75, 3.05) is 0 Å². The third kappa shape index (κ3) is 2.10. The second kappa shape index (κ2) is 4.62. The fourth-order valence-electron chi connectivity index (χ4n) is 5.22. The molecule has 0 saturated heterocycles. The minimum Gasteiger partial charge on any atom is -0.480 e. The van der Waals surface area contributed by atoms with Crippen LogP contribution in [-0.2, 0) is 10.2 Å². The van der Waals surface area contributed by atoms with Crippen molar-refractivity contribution in [3.63, 3.8) is 0 Å². The highest BCUT2D eigenvalue weighted by Gasteiger charge is 2.53. The Balaban J connectivity index is 1.72. The molecule has 1 atom stereocenters. The summed E-state index contributed by atoms with van der Waals surface area (Å²) in [6.45, 7) is 1.65. The van der Waals surface area contributed by atoms with Gasteiger partial charge in [0, 0.05) is 5.41 Å². The standard InChI is InChI=1S/C15H20N2O2S2/c1-8(12(18)19)17-14(20)21-13(16-17)15-5-9-2-10(6-15)4-11(3-9)7-15/h8-11H,2-7H2,1H3,(H,18,19). The third-order valence-electron chi connectivity index (χ3n) is 5.79. The zero-order valence-electron chi connectivity index (χ0n) is 12.1. The van der Waals surface area contributed by atoms with E-state index in [-0.39, 0.29) is 5.41 Å². The van der Waals surface area contributed by atoms with E-state index in [2.05, 4.69) is 5.10 Å². The minimum atomic E-state index is -0.867. The molecule has 4 bridgehead atoms. The Morgan fingerprint density at radius 2 is 1.86 bits per heavy atom. The number of carboxylic acid groups (broad SMARTS) is 1. The number of aromatic nitrogens is 2. The molecule has 6 heteroatoms. The van der Waals surface area contributed by atoms with Gasteiger partial charge in [-0.25, -0.2) is 9.48 Å². The Hall–Kier alpha value is -0.750. The second-order valence-electron chi connectivity index (χ2n) is 7.33. The van der Waals surface area contributed by atoms with Gasteiger partial charge in [0.05, 0.1) is 0 Å². The van der Waals surface area contributed by atoms with Gasteiger partial charge in [-0.2, -0.15) is 5.10 Å². The van der Waals surface area contributed by atoms with Crippen LogP contribution in [0, 0.1) is 21.7 Å². The summed E-state index contributed by atoms with van der Waals surface area (Å²) < 4.78 is 2.15. The molecule has 5 rings (SSSR count). The van der Waals surface area contributed by atoms with Gasteiger partial charge in [0.2, 0.25) is 0 Å². The van der Waals surface area contributed by atoms with Gasteiger partial charge >= 0.3 is 5.97 Å². The van der Waals surface area contributed by atoms with Gasteiger partial charge in [-0.15, -0.1) is 0 Å². The molecule has 0 aromatic carbocycles. The van der Waals surface area contributed by atoms with Crippen molar-refractivity contribution in [1.29, 1.82) is 0 Å². The first kappa shape index (κ1) is 13.9. The van der Waals surface area contributed by atoms with E-state index in [1.807, 2.05) is 0 Å². The molecule has 0 amide bonds. The summed E-state index contributed by atoms with van der Waals surface area (Å²) in [5.74, 6) is 1.71. The van der Waals surface area contributed by atoms with Gasteiger partial charge in [0.1, 0.15) is 11.0 Å². The van der Waals surface area contributed by atoms with E-state index in [0.29, 0.717) is 3.95 Å². The largest absolute Gasteiger partial charge is 0.480 e. The van der Waals surface area contributed by atoms with Gasteiger partial charge in [0.25, 0.3) is 0 Å². The summed E-state index contributed by atoms with van der Waals surface area (Å²) in [6, 6.07) is -0.670. The predicted octanol–water partition coefficient (Wildman–Crippen LogP) is 3.79. The van der Waals surface area contributed by atoms with Crippen LogP contribution in [0.4, 0.5) is 0 Å². The highest BCUT2D eigenvalue weighted by Crippen LogP contribution is 2.61. The molecule has 1 aromatic heterocycles. The summed E-state index contributed by atoms with van der Waals surface area (Å²) in [5.41, 5.74) is 0.205. The number of hydrogen-bond donors (Lipinski definition) is 1. The Morgan fingerprint density at radius 3 is 2.33 bits per heavy atom. The molecule has 0 spiro atoms. The van der Waals surface area contributed by atoms with E-state index < -0.39 is 12.0 Å². The molecule has 0 aliphatic heterocycles. The summed E-state index contributed by atoms with van der Waals surface area (Å²) in [7, 11) is 0. The van der Waals surface area contributed by atoms with Crippen LogP contribution >= 0.6 is 23.6 Å². The molecule has 1 N–H and O–H groups in total. The minimum absolute atomic E-state index is 0.205. The third-order valence-corrected chi connectivity index (χ3v) is 7.29. The summed E-state index contributed by atoms with van der Waals surface area (Å²) in [6.07, 6.45) is 7.92. The van der Waals surface area contributed by atoms with Crippen molar-refractivity contribution in [1.82, 2.24) is 9.78 Å². The number of rotatable bonds is 3. The normalized spacial score (nSPS) is 38.6. The zero-order chi connectivity index (χ0) is 14.8. The predicted molar refractivity (Wildman–Crippen MR) is 83.1 cm³/mol. The van der Waals surface area contributed by atoms with Crippen LogP contribution in [0.1, 0.15) is 56.5 Å². The van der Waals surface area contributed by atoms with Gasteiger partial charge < -0.3 is 5.11 Å². The molecule has 1 aromatic rings. The van der Waals surface area contributed by atoms with Crippen molar-refractivity contribution in [3.8, 4) is 0 Å². The van der Waals surface area contributed by atoms with Gasteiger partial charge in [-0.3, -0.25) is 0 Å². The van der Waals surface area contributed by atoms with Gasteiger partial charge in [-0.1, -0.05) is 11.3 Å². The fourth-order valence-corrected chi connectivity index (χ4v) is 6.71. The molecule has 1 unspecified atom stereocenters. The molecular weight excluding hydrogens is 304 g/mol. The van der Waals surface area contributed by atoms with E-state index in [9.17, 15) is 9.90 Å². The van der Waals surface area contributed by atoms with Crippen molar-refractivity contribution >= 4 is 29.5 Å². The van der Waals surface area contributed by atoms with E-state index in [4.69, 9.17) is 12.2 Å². The lowest BCUT2D eigenvalue weighted by molar-refractivity contribution is -0.140. The summed E-state index contributed by atoms with van der Waals surface area (Å²) in [5, 5.41) is 15.0. The average molecular weight is 324 g/mol. The van der Waals surface area contributed by atoms with E-state index in [1.54, 1.807) is 18.3 Å². The first-order valence-electron chi connectivity index (χ1n) is 7.80. The maximum Gasteiger partial charge on any atom is 0.328 e. The number of nitrogens with zero attached hydrogens (tertiary/aromatic N) is 2. The van der Waals surface area contributed by atoms with Crippen LogP contribution in [0.5, 0.6) is 0 Å². The van der Waals surface area contributed by atoms with Crippen LogP contribution in [0.2, 0.25) is 0 Å². The lowest BCUT2D eigenvalue weighted by Crippen LogP contribution is -2.48. The highest BCUT2D eigenvalue weighted by atomic mass is 32.1. The topological polar surface area (TPSA) is 55.1 Å². The van der Waals surface area contributed by atoms with E-state index in [1.165, 1.54) is 43.2 Å². The van der Waals surface area contributed by atoms with Crippen molar-refractivity contribution in [2.45, 2.75) is 56.9 Å². The van der Waals surface area contributed by atoms with Gasteiger partial charge in [-0.05, 0) is 75.4 Å². The Morgan fingerprint density at radius 1 is 1.33 bits per heavy atom. The maximum absolute atomic E-state index is 11.2. The lowest BCUT2D eigenvalue weighted by Gasteiger charge is -2.55. The van der Waals surface area contributed by atoms with E-state index in [0.717, 1.165) is 22.8 Å². The monoisotopic (exact) mass is 324 g/mol. The van der Waals surface area contributed by atoms with Crippen LogP contribution in [0.25, 0.3) is 0 Å². The molecule has 4 nitrogen and oxygen atoms in total. The highest BCUT2D eigenvalue weighted by molar-refractivity contribution is 7.73. The van der Waals surface area contributed by atoms with E-state index >= 15 is 0 Å². The number of carboxylic acids is 1. The molecule has 4 aliphatic rings. The van der Waals surface area contributed by atoms with Gasteiger partial charge in [0.15, 0.2) is 3.95 Å². The number of aliphatic carboxylic acids is 1. The van der Waals surface area contributed by atoms with Crippen molar-refractivity contribution < 1.29 is 9.90 Å². The van der Waals surface area contributed by atoms with Crippen LogP contribution in [0.15, 0.2) is 0 Å². The van der Waals surface area contributed by atoms with Crippen LogP contribution in [0.3, 0.4) is 0 Å². The zero-order valence-corrected chi connectivity index (χ0v) is 13.8. The second-order valence-corrected chi connectivity index (χ2v) is 8.95. The fraction of sp³-hybridized carbons (Fsp3) is 0.800. The SMILES string of the molecule is CC(C(=O)O)n1nc(C23CC4CC(CC(C4)C2)C3)sc1=S. The molecule has 1 heterocycles. The molecular formula is C15H20N2O2S2. The smallest absolute Gasteiger partial charge is 0.328 e. The number of hydrogen-bond acceptors (Lipinski definition) is 4. The van der Waals surface area contributed by atoms with Crippen molar-refractivity contribution in [3.05, 3.63) is 8.96 Å². The average Bonchev–Trinajstić information content (AvgIpc) is 2.79. The molecule has 0 radical (unpaired) electrons. The molecule has 4 saturated carbocycles. The first-order valence-corrected chi connectivity index (χ1v) is 9.02. The summed E-state index contributed by atoms with van der Waals surface area (Å²) in [4.78, 5) is 11.2.